The average Bonchev–Trinajstić information content (AvgIpc) is 2.86. The topological polar surface area (TPSA) is 12.0 Å². The van der Waals surface area contributed by atoms with Gasteiger partial charge in [0.15, 0.2) is 0 Å². The van der Waals surface area contributed by atoms with Crippen molar-refractivity contribution in [2.75, 3.05) is 0 Å². The number of rotatable bonds is 4. The van der Waals surface area contributed by atoms with E-state index in [1.807, 2.05) is 11.3 Å². The molecule has 0 saturated heterocycles. The van der Waals surface area contributed by atoms with Crippen molar-refractivity contribution in [3.8, 4) is 0 Å². The molecule has 1 N–H and O–H groups in total. The minimum absolute atomic E-state index is 0.611. The van der Waals surface area contributed by atoms with Gasteiger partial charge >= 0.3 is 0 Å². The van der Waals surface area contributed by atoms with Gasteiger partial charge in [-0.1, -0.05) is 6.92 Å². The molecule has 2 rings (SSSR count). The van der Waals surface area contributed by atoms with Gasteiger partial charge < -0.3 is 5.32 Å². The first-order valence-corrected chi connectivity index (χ1v) is 6.36. The van der Waals surface area contributed by atoms with E-state index < -0.39 is 0 Å². The van der Waals surface area contributed by atoms with Gasteiger partial charge in [0.05, 0.1) is 0 Å². The van der Waals surface area contributed by atoms with Crippen molar-refractivity contribution in [1.29, 1.82) is 0 Å². The van der Waals surface area contributed by atoms with E-state index in [0.717, 1.165) is 6.04 Å². The highest BCUT2D eigenvalue weighted by Gasteiger charge is 2.26. The second kappa shape index (κ2) is 4.03. The highest BCUT2D eigenvalue weighted by Crippen LogP contribution is 2.29. The molecule has 1 heterocycles. The molecule has 14 heavy (non-hydrogen) atoms. The summed E-state index contributed by atoms with van der Waals surface area (Å²) in [6.07, 6.45) is 2.75. The number of aryl methyl sites for hydroxylation is 1. The summed E-state index contributed by atoms with van der Waals surface area (Å²) in [7, 11) is 0. The molecular formula is C12H19NS. The number of nitrogens with one attached hydrogen (secondary N) is 1. The standard InChI is InChI=1S/C12H19NS/c1-8-6-7-14-12(8)9(2)10(3)13-11-4-5-11/h6-7,9-11,13H,4-5H2,1-3H3. The molecule has 2 unspecified atom stereocenters. The Balaban J connectivity index is 1.99. The summed E-state index contributed by atoms with van der Waals surface area (Å²) < 4.78 is 0. The second-order valence-corrected chi connectivity index (χ2v) is 5.43. The van der Waals surface area contributed by atoms with E-state index in [-0.39, 0.29) is 0 Å². The first kappa shape index (κ1) is 10.2. The molecule has 1 aromatic heterocycles. The fraction of sp³-hybridized carbons (Fsp3) is 0.667. The molecule has 1 saturated carbocycles. The Morgan fingerprint density at radius 3 is 2.64 bits per heavy atom. The highest BCUT2D eigenvalue weighted by molar-refractivity contribution is 7.10. The summed E-state index contributed by atoms with van der Waals surface area (Å²) in [5, 5.41) is 5.88. The van der Waals surface area contributed by atoms with Gasteiger partial charge in [-0.2, -0.15) is 0 Å². The van der Waals surface area contributed by atoms with Gasteiger partial charge in [-0.3, -0.25) is 0 Å². The molecule has 1 aromatic rings. The molecule has 0 radical (unpaired) electrons. The first-order chi connectivity index (χ1) is 6.68. The van der Waals surface area contributed by atoms with Crippen LogP contribution in [0, 0.1) is 6.92 Å². The lowest BCUT2D eigenvalue weighted by Crippen LogP contribution is -2.32. The summed E-state index contributed by atoms with van der Waals surface area (Å²) in [4.78, 5) is 1.55. The molecule has 2 atom stereocenters. The van der Waals surface area contributed by atoms with E-state index in [4.69, 9.17) is 0 Å². The maximum absolute atomic E-state index is 3.68. The van der Waals surface area contributed by atoms with Crippen LogP contribution in [0.3, 0.4) is 0 Å². The second-order valence-electron chi connectivity index (χ2n) is 4.49. The lowest BCUT2D eigenvalue weighted by Gasteiger charge is -2.21. The maximum Gasteiger partial charge on any atom is 0.0118 e. The van der Waals surface area contributed by atoms with Gasteiger partial charge in [0.2, 0.25) is 0 Å². The minimum Gasteiger partial charge on any atom is -0.311 e. The summed E-state index contributed by atoms with van der Waals surface area (Å²) in [5.41, 5.74) is 1.45. The van der Waals surface area contributed by atoms with E-state index in [0.29, 0.717) is 12.0 Å². The molecule has 2 heteroatoms. The van der Waals surface area contributed by atoms with Crippen LogP contribution in [0.5, 0.6) is 0 Å². The van der Waals surface area contributed by atoms with Crippen molar-refractivity contribution in [2.45, 2.75) is 51.6 Å². The van der Waals surface area contributed by atoms with E-state index in [2.05, 4.69) is 37.5 Å². The van der Waals surface area contributed by atoms with Crippen LogP contribution in [0.2, 0.25) is 0 Å². The predicted octanol–water partition coefficient (Wildman–Crippen LogP) is 3.30. The first-order valence-electron chi connectivity index (χ1n) is 5.48. The Kier molecular flexibility index (Phi) is 2.93. The van der Waals surface area contributed by atoms with Gasteiger partial charge in [0, 0.05) is 22.9 Å². The maximum atomic E-state index is 3.68. The molecule has 1 aliphatic carbocycles. The molecule has 0 aliphatic heterocycles. The van der Waals surface area contributed by atoms with Crippen LogP contribution in [-0.2, 0) is 0 Å². The van der Waals surface area contributed by atoms with Gasteiger partial charge in [-0.15, -0.1) is 11.3 Å². The summed E-state index contributed by atoms with van der Waals surface area (Å²) in [5.74, 6) is 0.649. The smallest absolute Gasteiger partial charge is 0.0118 e. The third-order valence-electron chi connectivity index (χ3n) is 3.14. The Morgan fingerprint density at radius 1 is 1.43 bits per heavy atom. The molecule has 1 nitrogen and oxygen atoms in total. The van der Waals surface area contributed by atoms with E-state index >= 15 is 0 Å². The highest BCUT2D eigenvalue weighted by atomic mass is 32.1. The largest absolute Gasteiger partial charge is 0.311 e. The van der Waals surface area contributed by atoms with Crippen LogP contribution in [0.15, 0.2) is 11.4 Å². The van der Waals surface area contributed by atoms with Gasteiger partial charge in [-0.05, 0) is 43.7 Å². The van der Waals surface area contributed by atoms with Crippen molar-refractivity contribution in [3.63, 3.8) is 0 Å². The number of hydrogen-bond donors (Lipinski definition) is 1. The third kappa shape index (κ3) is 2.18. The molecule has 0 spiro atoms. The Labute approximate surface area is 90.5 Å². The van der Waals surface area contributed by atoms with Gasteiger partial charge in [-0.25, -0.2) is 0 Å². The molecule has 0 aromatic carbocycles. The predicted molar refractivity (Wildman–Crippen MR) is 63.1 cm³/mol. The summed E-state index contributed by atoms with van der Waals surface area (Å²) >= 11 is 1.89. The molecule has 0 amide bonds. The fourth-order valence-corrected chi connectivity index (χ4v) is 2.94. The van der Waals surface area contributed by atoms with Crippen molar-refractivity contribution in [1.82, 2.24) is 5.32 Å². The van der Waals surface area contributed by atoms with Crippen LogP contribution in [-0.4, -0.2) is 12.1 Å². The molecule has 1 fully saturated rings. The Bertz CT molecular complexity index is 301. The lowest BCUT2D eigenvalue weighted by molar-refractivity contribution is 0.482. The van der Waals surface area contributed by atoms with Crippen LogP contribution in [0.25, 0.3) is 0 Å². The van der Waals surface area contributed by atoms with E-state index in [9.17, 15) is 0 Å². The summed E-state index contributed by atoms with van der Waals surface area (Å²) in [6, 6.07) is 3.65. The van der Waals surface area contributed by atoms with Gasteiger partial charge in [0.1, 0.15) is 0 Å². The van der Waals surface area contributed by atoms with Crippen molar-refractivity contribution in [3.05, 3.63) is 21.9 Å². The lowest BCUT2D eigenvalue weighted by atomic mass is 9.99. The number of hydrogen-bond acceptors (Lipinski definition) is 2. The van der Waals surface area contributed by atoms with Crippen LogP contribution in [0.4, 0.5) is 0 Å². The van der Waals surface area contributed by atoms with Crippen molar-refractivity contribution in [2.24, 2.45) is 0 Å². The monoisotopic (exact) mass is 209 g/mol. The van der Waals surface area contributed by atoms with Crippen molar-refractivity contribution >= 4 is 11.3 Å². The Hall–Kier alpha value is -0.340. The van der Waals surface area contributed by atoms with Gasteiger partial charge in [0.25, 0.3) is 0 Å². The zero-order valence-corrected chi connectivity index (χ0v) is 10.0. The average molecular weight is 209 g/mol. The van der Waals surface area contributed by atoms with E-state index in [1.54, 1.807) is 4.88 Å². The zero-order valence-electron chi connectivity index (χ0n) is 9.21. The van der Waals surface area contributed by atoms with E-state index in [1.165, 1.54) is 18.4 Å². The van der Waals surface area contributed by atoms with Crippen LogP contribution < -0.4 is 5.32 Å². The molecule has 0 bridgehead atoms. The molecule has 1 aliphatic rings. The third-order valence-corrected chi connectivity index (χ3v) is 4.36. The molecule has 78 valence electrons. The number of thiophene rings is 1. The van der Waals surface area contributed by atoms with Crippen LogP contribution >= 0.6 is 11.3 Å². The zero-order chi connectivity index (χ0) is 10.1. The van der Waals surface area contributed by atoms with Crippen molar-refractivity contribution < 1.29 is 0 Å². The summed E-state index contributed by atoms with van der Waals surface area (Å²) in [6.45, 7) is 6.85. The Morgan fingerprint density at radius 2 is 2.14 bits per heavy atom. The minimum atomic E-state index is 0.611. The molecular weight excluding hydrogens is 190 g/mol. The SMILES string of the molecule is Cc1ccsc1C(C)C(C)NC1CC1. The van der Waals surface area contributed by atoms with Crippen LogP contribution in [0.1, 0.15) is 43.0 Å². The normalized spacial score (nSPS) is 20.8. The quantitative estimate of drug-likeness (QED) is 0.802. The fourth-order valence-electron chi connectivity index (χ4n) is 1.84.